The van der Waals surface area contributed by atoms with E-state index < -0.39 is 0 Å². The van der Waals surface area contributed by atoms with Crippen molar-refractivity contribution in [3.63, 3.8) is 0 Å². The standard InChI is InChI=1S/C15H15BrClNO2/c1-19-12-5-10(6-13(8-12)20-2)9-18-11-3-4-14(16)15(17)7-11/h3-8,18H,9H2,1-2H3. The smallest absolute Gasteiger partial charge is 0.122 e. The molecule has 106 valence electrons. The van der Waals surface area contributed by atoms with Gasteiger partial charge in [0, 0.05) is 22.8 Å². The van der Waals surface area contributed by atoms with E-state index in [0.717, 1.165) is 27.2 Å². The number of nitrogens with one attached hydrogen (secondary N) is 1. The first kappa shape index (κ1) is 15.0. The van der Waals surface area contributed by atoms with E-state index in [1.807, 2.05) is 36.4 Å². The summed E-state index contributed by atoms with van der Waals surface area (Å²) in [6.45, 7) is 0.658. The van der Waals surface area contributed by atoms with Crippen LogP contribution < -0.4 is 14.8 Å². The fourth-order valence-corrected chi connectivity index (χ4v) is 2.21. The molecule has 2 rings (SSSR count). The first-order valence-corrected chi connectivity index (χ1v) is 7.20. The van der Waals surface area contributed by atoms with Crippen LogP contribution in [0.3, 0.4) is 0 Å². The van der Waals surface area contributed by atoms with Crippen LogP contribution in [-0.4, -0.2) is 14.2 Å². The fraction of sp³-hybridized carbons (Fsp3) is 0.200. The molecule has 0 unspecified atom stereocenters. The van der Waals surface area contributed by atoms with Crippen molar-refractivity contribution in [3.8, 4) is 11.5 Å². The van der Waals surface area contributed by atoms with E-state index in [9.17, 15) is 0 Å². The van der Waals surface area contributed by atoms with E-state index in [1.165, 1.54) is 0 Å². The van der Waals surface area contributed by atoms with Crippen molar-refractivity contribution in [2.45, 2.75) is 6.54 Å². The van der Waals surface area contributed by atoms with Gasteiger partial charge in [0.15, 0.2) is 0 Å². The van der Waals surface area contributed by atoms with Crippen molar-refractivity contribution < 1.29 is 9.47 Å². The third-order valence-electron chi connectivity index (χ3n) is 2.83. The summed E-state index contributed by atoms with van der Waals surface area (Å²) in [6.07, 6.45) is 0. The van der Waals surface area contributed by atoms with Gasteiger partial charge in [-0.25, -0.2) is 0 Å². The maximum Gasteiger partial charge on any atom is 0.122 e. The summed E-state index contributed by atoms with van der Waals surface area (Å²) in [5.41, 5.74) is 2.03. The van der Waals surface area contributed by atoms with Crippen LogP contribution in [0.2, 0.25) is 5.02 Å². The number of methoxy groups -OCH3 is 2. The van der Waals surface area contributed by atoms with Gasteiger partial charge in [-0.3, -0.25) is 0 Å². The molecule has 1 N–H and O–H groups in total. The Morgan fingerprint density at radius 2 is 1.70 bits per heavy atom. The van der Waals surface area contributed by atoms with Crippen LogP contribution in [0.4, 0.5) is 5.69 Å². The molecule has 0 saturated heterocycles. The Balaban J connectivity index is 2.11. The van der Waals surface area contributed by atoms with Crippen LogP contribution in [-0.2, 0) is 6.54 Å². The molecule has 0 saturated carbocycles. The summed E-state index contributed by atoms with van der Waals surface area (Å²) in [5.74, 6) is 1.55. The molecule has 0 radical (unpaired) electrons. The molecule has 0 aliphatic heterocycles. The van der Waals surface area contributed by atoms with Gasteiger partial charge >= 0.3 is 0 Å². The Hall–Kier alpha value is -1.39. The van der Waals surface area contributed by atoms with Crippen LogP contribution in [0.5, 0.6) is 11.5 Å². The minimum absolute atomic E-state index is 0.658. The van der Waals surface area contributed by atoms with E-state index in [2.05, 4.69) is 21.2 Å². The van der Waals surface area contributed by atoms with Gasteiger partial charge in [0.2, 0.25) is 0 Å². The number of hydrogen-bond acceptors (Lipinski definition) is 3. The number of halogens is 2. The second-order valence-electron chi connectivity index (χ2n) is 4.20. The van der Waals surface area contributed by atoms with Crippen molar-refractivity contribution >= 4 is 33.2 Å². The van der Waals surface area contributed by atoms with Gasteiger partial charge in [0.05, 0.1) is 19.2 Å². The van der Waals surface area contributed by atoms with Crippen LogP contribution >= 0.6 is 27.5 Å². The van der Waals surface area contributed by atoms with Crippen molar-refractivity contribution in [2.24, 2.45) is 0 Å². The van der Waals surface area contributed by atoms with Crippen molar-refractivity contribution in [1.29, 1.82) is 0 Å². The summed E-state index contributed by atoms with van der Waals surface area (Å²) in [4.78, 5) is 0. The zero-order valence-corrected chi connectivity index (χ0v) is 13.6. The quantitative estimate of drug-likeness (QED) is 0.840. The number of hydrogen-bond donors (Lipinski definition) is 1. The van der Waals surface area contributed by atoms with Gasteiger partial charge in [-0.15, -0.1) is 0 Å². The molecular formula is C15H15BrClNO2. The normalized spacial score (nSPS) is 10.2. The van der Waals surface area contributed by atoms with Gasteiger partial charge in [-0.05, 0) is 51.8 Å². The molecule has 5 heteroatoms. The maximum atomic E-state index is 6.06. The van der Waals surface area contributed by atoms with Crippen LogP contribution in [0.1, 0.15) is 5.56 Å². The lowest BCUT2D eigenvalue weighted by atomic mass is 10.2. The van der Waals surface area contributed by atoms with Crippen LogP contribution in [0, 0.1) is 0 Å². The predicted molar refractivity (Wildman–Crippen MR) is 86.0 cm³/mol. The monoisotopic (exact) mass is 355 g/mol. The Labute approximate surface area is 132 Å². The van der Waals surface area contributed by atoms with Crippen LogP contribution in [0.25, 0.3) is 0 Å². The molecule has 20 heavy (non-hydrogen) atoms. The Morgan fingerprint density at radius 3 is 2.25 bits per heavy atom. The van der Waals surface area contributed by atoms with E-state index in [0.29, 0.717) is 11.6 Å². The van der Waals surface area contributed by atoms with Gasteiger partial charge in [0.1, 0.15) is 11.5 Å². The molecule has 0 fully saturated rings. The second kappa shape index (κ2) is 6.86. The highest BCUT2D eigenvalue weighted by Gasteiger charge is 2.03. The molecule has 0 bridgehead atoms. The molecular weight excluding hydrogens is 342 g/mol. The minimum atomic E-state index is 0.658. The zero-order valence-electron chi connectivity index (χ0n) is 11.2. The maximum absolute atomic E-state index is 6.06. The van der Waals surface area contributed by atoms with Crippen LogP contribution in [0.15, 0.2) is 40.9 Å². The number of benzene rings is 2. The molecule has 3 nitrogen and oxygen atoms in total. The van der Waals surface area contributed by atoms with Gasteiger partial charge < -0.3 is 14.8 Å². The highest BCUT2D eigenvalue weighted by Crippen LogP contribution is 2.27. The van der Waals surface area contributed by atoms with Crippen molar-refractivity contribution in [3.05, 3.63) is 51.5 Å². The average Bonchev–Trinajstić information content (AvgIpc) is 2.48. The molecule has 0 spiro atoms. The summed E-state index contributed by atoms with van der Waals surface area (Å²) in [7, 11) is 3.28. The molecule has 0 amide bonds. The topological polar surface area (TPSA) is 30.5 Å². The first-order valence-electron chi connectivity index (χ1n) is 6.03. The lowest BCUT2D eigenvalue weighted by Crippen LogP contribution is -2.00. The Morgan fingerprint density at radius 1 is 1.05 bits per heavy atom. The van der Waals surface area contributed by atoms with Gasteiger partial charge in [-0.1, -0.05) is 11.6 Å². The molecule has 0 atom stereocenters. The highest BCUT2D eigenvalue weighted by molar-refractivity contribution is 9.10. The highest BCUT2D eigenvalue weighted by atomic mass is 79.9. The third kappa shape index (κ3) is 3.81. The largest absolute Gasteiger partial charge is 0.497 e. The predicted octanol–water partition coefficient (Wildman–Crippen LogP) is 4.73. The molecule has 2 aromatic rings. The van der Waals surface area contributed by atoms with E-state index in [-0.39, 0.29) is 0 Å². The third-order valence-corrected chi connectivity index (χ3v) is 4.06. The Kier molecular flexibility index (Phi) is 5.15. The van der Waals surface area contributed by atoms with Crippen molar-refractivity contribution in [1.82, 2.24) is 0 Å². The lowest BCUT2D eigenvalue weighted by molar-refractivity contribution is 0.393. The van der Waals surface area contributed by atoms with E-state index in [4.69, 9.17) is 21.1 Å². The number of ether oxygens (including phenoxy) is 2. The molecule has 0 aliphatic rings. The van der Waals surface area contributed by atoms with Gasteiger partial charge in [0.25, 0.3) is 0 Å². The second-order valence-corrected chi connectivity index (χ2v) is 5.46. The molecule has 0 aliphatic carbocycles. The van der Waals surface area contributed by atoms with Crippen molar-refractivity contribution in [2.75, 3.05) is 19.5 Å². The molecule has 2 aromatic carbocycles. The summed E-state index contributed by atoms with van der Waals surface area (Å²) in [5, 5.41) is 3.99. The van der Waals surface area contributed by atoms with Gasteiger partial charge in [-0.2, -0.15) is 0 Å². The minimum Gasteiger partial charge on any atom is -0.497 e. The SMILES string of the molecule is COc1cc(CNc2ccc(Br)c(Cl)c2)cc(OC)c1. The fourth-order valence-electron chi connectivity index (χ4n) is 1.78. The summed E-state index contributed by atoms with van der Waals surface area (Å²) < 4.78 is 11.4. The number of anilines is 1. The average molecular weight is 357 g/mol. The number of rotatable bonds is 5. The lowest BCUT2D eigenvalue weighted by Gasteiger charge is -2.11. The first-order chi connectivity index (χ1) is 9.62. The van der Waals surface area contributed by atoms with E-state index in [1.54, 1.807) is 14.2 Å². The summed E-state index contributed by atoms with van der Waals surface area (Å²) >= 11 is 9.43. The zero-order chi connectivity index (χ0) is 14.5. The summed E-state index contributed by atoms with van der Waals surface area (Å²) in [6, 6.07) is 11.5. The Bertz CT molecular complexity index is 582. The molecule has 0 aromatic heterocycles. The van der Waals surface area contributed by atoms with E-state index >= 15 is 0 Å². The molecule has 0 heterocycles.